The fraction of sp³-hybridized carbons (Fsp3) is 0.263. The third kappa shape index (κ3) is 3.88. The maximum Gasteiger partial charge on any atom is 0.274 e. The van der Waals surface area contributed by atoms with Crippen molar-refractivity contribution in [1.29, 1.82) is 0 Å². The molecule has 1 aromatic carbocycles. The largest absolute Gasteiger partial charge is 0.443 e. The lowest BCUT2D eigenvalue weighted by atomic mass is 10.1. The van der Waals surface area contributed by atoms with Crippen molar-refractivity contribution in [2.75, 3.05) is 7.05 Å². The van der Waals surface area contributed by atoms with Gasteiger partial charge in [0.25, 0.3) is 11.5 Å². The second-order valence-corrected chi connectivity index (χ2v) is 6.41. The Balaban J connectivity index is 1.85. The summed E-state index contributed by atoms with van der Waals surface area (Å²) in [6.07, 6.45) is 2.74. The van der Waals surface area contributed by atoms with Crippen molar-refractivity contribution in [1.82, 2.24) is 25.4 Å². The number of hydrogen-bond acceptors (Lipinski definition) is 5. The normalized spacial score (nSPS) is 11.8. The van der Waals surface area contributed by atoms with Crippen molar-refractivity contribution < 1.29 is 14.0 Å². The number of likely N-dealkylation sites (N-methyl/N-ethyl adjacent to an activating group) is 1. The van der Waals surface area contributed by atoms with Crippen molar-refractivity contribution in [3.63, 3.8) is 0 Å². The summed E-state index contributed by atoms with van der Waals surface area (Å²) in [6.45, 7) is 1.93. The Morgan fingerprint density at radius 2 is 2.14 bits per heavy atom. The average molecular weight is 383 g/mol. The highest BCUT2D eigenvalue weighted by molar-refractivity contribution is 6.00. The Hall–Kier alpha value is -3.62. The van der Waals surface area contributed by atoms with Crippen molar-refractivity contribution in [3.05, 3.63) is 64.0 Å². The molecule has 0 radical (unpaired) electrons. The second-order valence-electron chi connectivity index (χ2n) is 6.41. The van der Waals surface area contributed by atoms with Crippen molar-refractivity contribution in [2.45, 2.75) is 19.4 Å². The van der Waals surface area contributed by atoms with E-state index in [1.807, 2.05) is 31.2 Å². The first-order valence-electron chi connectivity index (χ1n) is 8.67. The van der Waals surface area contributed by atoms with Crippen LogP contribution in [-0.4, -0.2) is 39.7 Å². The molecule has 2 aromatic heterocycles. The van der Waals surface area contributed by atoms with Gasteiger partial charge in [-0.3, -0.25) is 19.1 Å². The van der Waals surface area contributed by atoms with Gasteiger partial charge in [0.1, 0.15) is 6.04 Å². The molecule has 0 aliphatic heterocycles. The molecule has 3 aromatic rings. The Labute approximate surface area is 160 Å². The van der Waals surface area contributed by atoms with Crippen LogP contribution in [0.25, 0.3) is 11.3 Å². The van der Waals surface area contributed by atoms with Crippen LogP contribution in [0.5, 0.6) is 0 Å². The van der Waals surface area contributed by atoms with Gasteiger partial charge in [-0.15, -0.1) is 0 Å². The van der Waals surface area contributed by atoms with Crippen LogP contribution in [0.1, 0.15) is 21.6 Å². The van der Waals surface area contributed by atoms with E-state index in [1.54, 1.807) is 7.05 Å². The van der Waals surface area contributed by atoms with Crippen LogP contribution >= 0.6 is 0 Å². The Morgan fingerprint density at radius 3 is 2.79 bits per heavy atom. The van der Waals surface area contributed by atoms with Gasteiger partial charge in [0.15, 0.2) is 17.8 Å². The van der Waals surface area contributed by atoms with E-state index in [9.17, 15) is 14.4 Å². The number of nitrogens with one attached hydrogen (secondary N) is 3. The van der Waals surface area contributed by atoms with E-state index in [4.69, 9.17) is 4.42 Å². The molecule has 0 fully saturated rings. The molecule has 1 atom stereocenters. The van der Waals surface area contributed by atoms with Gasteiger partial charge in [0.2, 0.25) is 5.91 Å². The Kier molecular flexibility index (Phi) is 5.44. The lowest BCUT2D eigenvalue weighted by Crippen LogP contribution is -2.47. The first-order valence-corrected chi connectivity index (χ1v) is 8.67. The van der Waals surface area contributed by atoms with Crippen LogP contribution in [0.15, 0.2) is 46.1 Å². The zero-order valence-electron chi connectivity index (χ0n) is 15.8. The number of aryl methyl sites for hydroxylation is 2. The summed E-state index contributed by atoms with van der Waals surface area (Å²) in [5.74, 6) is -0.669. The smallest absolute Gasteiger partial charge is 0.274 e. The number of aromatic amines is 1. The quantitative estimate of drug-likeness (QED) is 0.580. The first kappa shape index (κ1) is 19.2. The number of aromatic nitrogens is 3. The van der Waals surface area contributed by atoms with Gasteiger partial charge in [-0.05, 0) is 13.0 Å². The molecule has 28 heavy (non-hydrogen) atoms. The van der Waals surface area contributed by atoms with Crippen LogP contribution in [0.3, 0.4) is 0 Å². The maximum atomic E-state index is 12.8. The molecule has 1 unspecified atom stereocenters. The first-order chi connectivity index (χ1) is 13.4. The zero-order chi connectivity index (χ0) is 20.3. The lowest BCUT2D eigenvalue weighted by molar-refractivity contribution is -0.122. The highest BCUT2D eigenvalue weighted by atomic mass is 16.3. The van der Waals surface area contributed by atoms with Crippen LogP contribution in [0, 0.1) is 6.92 Å². The number of nitrogens with zero attached hydrogens (tertiary/aromatic N) is 2. The summed E-state index contributed by atoms with van der Waals surface area (Å²) in [4.78, 5) is 41.1. The van der Waals surface area contributed by atoms with E-state index in [0.717, 1.165) is 5.56 Å². The number of benzene rings is 1. The minimum Gasteiger partial charge on any atom is -0.443 e. The van der Waals surface area contributed by atoms with Crippen molar-refractivity contribution in [2.24, 2.45) is 7.05 Å². The minimum atomic E-state index is -0.942. The van der Waals surface area contributed by atoms with Crippen molar-refractivity contribution in [3.8, 4) is 11.3 Å². The maximum absolute atomic E-state index is 12.8. The summed E-state index contributed by atoms with van der Waals surface area (Å²) in [6, 6.07) is 6.52. The topological polar surface area (TPSA) is 122 Å². The third-order valence-electron chi connectivity index (χ3n) is 4.37. The van der Waals surface area contributed by atoms with Gasteiger partial charge in [-0.25, -0.2) is 4.98 Å². The number of rotatable bonds is 6. The van der Waals surface area contributed by atoms with E-state index >= 15 is 0 Å². The summed E-state index contributed by atoms with van der Waals surface area (Å²) in [5.41, 5.74) is 1.91. The van der Waals surface area contributed by atoms with E-state index in [-0.39, 0.29) is 17.7 Å². The summed E-state index contributed by atoms with van der Waals surface area (Å²) >= 11 is 0. The van der Waals surface area contributed by atoms with Crippen LogP contribution < -0.4 is 16.2 Å². The second kappa shape index (κ2) is 7.95. The molecule has 3 rings (SSSR count). The minimum absolute atomic E-state index is 0.0409. The van der Waals surface area contributed by atoms with E-state index in [1.165, 1.54) is 24.3 Å². The molecule has 0 saturated carbocycles. The summed E-state index contributed by atoms with van der Waals surface area (Å²) < 4.78 is 6.70. The zero-order valence-corrected chi connectivity index (χ0v) is 15.8. The van der Waals surface area contributed by atoms with Crippen LogP contribution in [0.4, 0.5) is 0 Å². The fourth-order valence-corrected chi connectivity index (χ4v) is 2.89. The number of carbonyl (C=O) groups is 2. The monoisotopic (exact) mass is 383 g/mol. The standard InChI is InChI=1S/C19H21N5O4/c1-11-5-4-6-12(7-11)16-15(21-10-28-16)18(26)23-14(17(25)20-2)8-13-9-22-24(3)19(13)27/h4-7,9-10,14,22H,8H2,1-3H3,(H,20,25)(H,23,26). The Bertz CT molecular complexity index is 1060. The molecule has 0 aliphatic rings. The number of amides is 2. The van der Waals surface area contributed by atoms with Gasteiger partial charge in [0.05, 0.1) is 0 Å². The molecule has 2 amide bonds. The highest BCUT2D eigenvalue weighted by Gasteiger charge is 2.26. The van der Waals surface area contributed by atoms with Crippen LogP contribution in [-0.2, 0) is 18.3 Å². The predicted octanol–water partition coefficient (Wildman–Crippen LogP) is 0.764. The number of H-pyrrole nitrogens is 1. The highest BCUT2D eigenvalue weighted by Crippen LogP contribution is 2.24. The predicted molar refractivity (Wildman–Crippen MR) is 102 cm³/mol. The molecule has 0 bridgehead atoms. The molecule has 2 heterocycles. The van der Waals surface area contributed by atoms with Gasteiger partial charge in [0, 0.05) is 37.8 Å². The molecular formula is C19H21N5O4. The van der Waals surface area contributed by atoms with E-state index in [2.05, 4.69) is 20.7 Å². The lowest BCUT2D eigenvalue weighted by Gasteiger charge is -2.16. The molecule has 0 aliphatic carbocycles. The van der Waals surface area contributed by atoms with Gasteiger partial charge in [-0.2, -0.15) is 0 Å². The third-order valence-corrected chi connectivity index (χ3v) is 4.37. The molecule has 3 N–H and O–H groups in total. The van der Waals surface area contributed by atoms with Gasteiger partial charge >= 0.3 is 0 Å². The summed E-state index contributed by atoms with van der Waals surface area (Å²) in [7, 11) is 3.04. The molecule has 0 spiro atoms. The van der Waals surface area contributed by atoms with Gasteiger partial charge < -0.3 is 20.1 Å². The number of carbonyl (C=O) groups excluding carboxylic acids is 2. The van der Waals surface area contributed by atoms with Crippen LogP contribution in [0.2, 0.25) is 0 Å². The number of hydrogen-bond donors (Lipinski definition) is 3. The molecule has 9 heteroatoms. The molecule has 146 valence electrons. The van der Waals surface area contributed by atoms with E-state index < -0.39 is 17.9 Å². The summed E-state index contributed by atoms with van der Waals surface area (Å²) in [5, 5.41) is 7.89. The van der Waals surface area contributed by atoms with Gasteiger partial charge in [-0.1, -0.05) is 23.8 Å². The fourth-order valence-electron chi connectivity index (χ4n) is 2.89. The van der Waals surface area contributed by atoms with Crippen molar-refractivity contribution >= 4 is 11.8 Å². The van der Waals surface area contributed by atoms with E-state index in [0.29, 0.717) is 16.9 Å². The molecule has 9 nitrogen and oxygen atoms in total. The average Bonchev–Trinajstić information content (AvgIpc) is 3.29. The Morgan fingerprint density at radius 1 is 1.36 bits per heavy atom. The molecule has 0 saturated heterocycles. The SMILES string of the molecule is CNC(=O)C(Cc1c[nH]n(C)c1=O)NC(=O)c1ncoc1-c1cccc(C)c1. The number of oxazole rings is 1. The molecular weight excluding hydrogens is 362 g/mol.